The second kappa shape index (κ2) is 7.85. The first-order valence-electron chi connectivity index (χ1n) is 9.84. The molecule has 0 radical (unpaired) electrons. The van der Waals surface area contributed by atoms with Crippen molar-refractivity contribution in [2.45, 2.75) is 58.9 Å². The molecule has 0 aliphatic heterocycles. The molecule has 0 saturated carbocycles. The van der Waals surface area contributed by atoms with Crippen LogP contribution in [0.15, 0.2) is 29.1 Å². The van der Waals surface area contributed by atoms with Crippen molar-refractivity contribution in [1.29, 1.82) is 0 Å². The summed E-state index contributed by atoms with van der Waals surface area (Å²) >= 11 is 1.72. The summed E-state index contributed by atoms with van der Waals surface area (Å²) in [6, 6.07) is 8.11. The van der Waals surface area contributed by atoms with E-state index in [0.29, 0.717) is 13.2 Å². The Morgan fingerprint density at radius 3 is 2.89 bits per heavy atom. The molecule has 1 aliphatic rings. The number of rotatable bonds is 6. The van der Waals surface area contributed by atoms with Crippen molar-refractivity contribution >= 4 is 21.6 Å². The number of benzene rings is 1. The SMILES string of the molecule is Cc1cccc(OCCCCn2c(C)nc3sc4c(c3c2=O)CCCC4)c1. The molecule has 27 heavy (non-hydrogen) atoms. The lowest BCUT2D eigenvalue weighted by Gasteiger charge is -2.12. The Morgan fingerprint density at radius 1 is 1.19 bits per heavy atom. The summed E-state index contributed by atoms with van der Waals surface area (Å²) in [5.74, 6) is 1.74. The first-order chi connectivity index (χ1) is 13.1. The summed E-state index contributed by atoms with van der Waals surface area (Å²) in [6.45, 7) is 5.38. The zero-order chi connectivity index (χ0) is 18.8. The van der Waals surface area contributed by atoms with E-state index in [9.17, 15) is 4.79 Å². The summed E-state index contributed by atoms with van der Waals surface area (Å²) < 4.78 is 7.67. The Bertz CT molecular complexity index is 1020. The van der Waals surface area contributed by atoms with Crippen LogP contribution in [0.5, 0.6) is 5.75 Å². The maximum Gasteiger partial charge on any atom is 0.262 e. The highest BCUT2D eigenvalue weighted by Gasteiger charge is 2.20. The van der Waals surface area contributed by atoms with Crippen LogP contribution in [-0.2, 0) is 19.4 Å². The predicted molar refractivity (Wildman–Crippen MR) is 111 cm³/mol. The number of aromatic nitrogens is 2. The third kappa shape index (κ3) is 3.79. The summed E-state index contributed by atoms with van der Waals surface area (Å²) in [4.78, 5) is 20.2. The normalized spacial score (nSPS) is 13.7. The minimum absolute atomic E-state index is 0.150. The molecule has 2 aromatic heterocycles. The lowest BCUT2D eigenvalue weighted by molar-refractivity contribution is 0.302. The molecule has 142 valence electrons. The second-order valence-electron chi connectivity index (χ2n) is 7.38. The molecular formula is C22H26N2O2S. The van der Waals surface area contributed by atoms with Gasteiger partial charge in [0.25, 0.3) is 5.56 Å². The monoisotopic (exact) mass is 382 g/mol. The number of thiophene rings is 1. The van der Waals surface area contributed by atoms with Crippen molar-refractivity contribution in [3.8, 4) is 5.75 Å². The molecule has 1 aliphatic carbocycles. The van der Waals surface area contributed by atoms with Gasteiger partial charge in [-0.3, -0.25) is 9.36 Å². The molecule has 4 nitrogen and oxygen atoms in total. The molecule has 1 aromatic carbocycles. The Morgan fingerprint density at radius 2 is 2.04 bits per heavy atom. The molecule has 0 fully saturated rings. The summed E-state index contributed by atoms with van der Waals surface area (Å²) in [7, 11) is 0. The molecule has 5 heteroatoms. The Balaban J connectivity index is 1.43. The van der Waals surface area contributed by atoms with Crippen molar-refractivity contribution in [2.24, 2.45) is 0 Å². The third-order valence-electron chi connectivity index (χ3n) is 5.30. The molecule has 0 unspecified atom stereocenters. The van der Waals surface area contributed by atoms with Crippen LogP contribution in [0.1, 0.15) is 47.5 Å². The molecule has 0 saturated heterocycles. The van der Waals surface area contributed by atoms with E-state index in [1.54, 1.807) is 11.3 Å². The molecule has 4 rings (SSSR count). The van der Waals surface area contributed by atoms with Crippen molar-refractivity contribution in [3.05, 3.63) is 56.4 Å². The van der Waals surface area contributed by atoms with Gasteiger partial charge in [-0.25, -0.2) is 4.98 Å². The Hall–Kier alpha value is -2.14. The first-order valence-corrected chi connectivity index (χ1v) is 10.7. The number of hydrogen-bond donors (Lipinski definition) is 0. The van der Waals surface area contributed by atoms with Gasteiger partial charge in [0.2, 0.25) is 0 Å². The zero-order valence-electron chi connectivity index (χ0n) is 16.1. The van der Waals surface area contributed by atoms with Crippen LogP contribution in [0.2, 0.25) is 0 Å². The maximum atomic E-state index is 13.1. The van der Waals surface area contributed by atoms with Crippen molar-refractivity contribution in [2.75, 3.05) is 6.61 Å². The molecular weight excluding hydrogens is 356 g/mol. The number of nitrogens with zero attached hydrogens (tertiary/aromatic N) is 2. The van der Waals surface area contributed by atoms with Gasteiger partial charge in [0.05, 0.1) is 12.0 Å². The van der Waals surface area contributed by atoms with E-state index in [1.807, 2.05) is 29.7 Å². The minimum atomic E-state index is 0.150. The topological polar surface area (TPSA) is 44.1 Å². The van der Waals surface area contributed by atoms with Crippen molar-refractivity contribution < 1.29 is 4.74 Å². The Labute approximate surface area is 163 Å². The molecule has 0 N–H and O–H groups in total. The van der Waals surface area contributed by atoms with E-state index in [1.165, 1.54) is 28.8 Å². The molecule has 0 spiro atoms. The molecule has 3 aromatic rings. The van der Waals surface area contributed by atoms with E-state index in [0.717, 1.165) is 47.5 Å². The van der Waals surface area contributed by atoms with Gasteiger partial charge in [-0.1, -0.05) is 12.1 Å². The van der Waals surface area contributed by atoms with Crippen LogP contribution in [0.25, 0.3) is 10.2 Å². The zero-order valence-corrected chi connectivity index (χ0v) is 16.9. The largest absolute Gasteiger partial charge is 0.494 e. The van der Waals surface area contributed by atoms with Gasteiger partial charge in [-0.05, 0) is 75.6 Å². The standard InChI is InChI=1S/C22H26N2O2S/c1-15-8-7-9-17(14-15)26-13-6-5-12-24-16(2)23-21-20(22(24)25)18-10-3-4-11-19(18)27-21/h7-9,14H,3-6,10-13H2,1-2H3. The maximum absolute atomic E-state index is 13.1. The predicted octanol–water partition coefficient (Wildman–Crippen LogP) is 4.81. The van der Waals surface area contributed by atoms with Crippen LogP contribution in [-0.4, -0.2) is 16.2 Å². The highest BCUT2D eigenvalue weighted by molar-refractivity contribution is 7.18. The highest BCUT2D eigenvalue weighted by Crippen LogP contribution is 2.33. The lowest BCUT2D eigenvalue weighted by Crippen LogP contribution is -2.24. The van der Waals surface area contributed by atoms with Crippen LogP contribution in [0.3, 0.4) is 0 Å². The smallest absolute Gasteiger partial charge is 0.262 e. The fourth-order valence-electron chi connectivity index (χ4n) is 3.87. The minimum Gasteiger partial charge on any atom is -0.494 e. The van der Waals surface area contributed by atoms with Crippen molar-refractivity contribution in [1.82, 2.24) is 9.55 Å². The fourth-order valence-corrected chi connectivity index (χ4v) is 5.17. The van der Waals surface area contributed by atoms with E-state index in [-0.39, 0.29) is 5.56 Å². The van der Waals surface area contributed by atoms with Gasteiger partial charge in [0, 0.05) is 11.4 Å². The molecule has 0 amide bonds. The fraction of sp³-hybridized carbons (Fsp3) is 0.455. The molecule has 0 bridgehead atoms. The van der Waals surface area contributed by atoms with E-state index >= 15 is 0 Å². The van der Waals surface area contributed by atoms with Crippen LogP contribution < -0.4 is 10.3 Å². The summed E-state index contributed by atoms with van der Waals surface area (Å²) in [5, 5.41) is 0.885. The molecule has 2 heterocycles. The van der Waals surface area contributed by atoms with Gasteiger partial charge in [0.15, 0.2) is 0 Å². The van der Waals surface area contributed by atoms with E-state index in [2.05, 4.69) is 13.0 Å². The van der Waals surface area contributed by atoms with Crippen LogP contribution in [0, 0.1) is 13.8 Å². The Kier molecular flexibility index (Phi) is 5.30. The summed E-state index contributed by atoms with van der Waals surface area (Å²) in [6.07, 6.45) is 6.37. The van der Waals surface area contributed by atoms with Gasteiger partial charge in [-0.2, -0.15) is 0 Å². The lowest BCUT2D eigenvalue weighted by atomic mass is 9.97. The van der Waals surface area contributed by atoms with Crippen LogP contribution >= 0.6 is 11.3 Å². The van der Waals surface area contributed by atoms with Gasteiger partial charge in [-0.15, -0.1) is 11.3 Å². The highest BCUT2D eigenvalue weighted by atomic mass is 32.1. The van der Waals surface area contributed by atoms with Crippen molar-refractivity contribution in [3.63, 3.8) is 0 Å². The average Bonchev–Trinajstić information content (AvgIpc) is 3.02. The molecule has 0 atom stereocenters. The summed E-state index contributed by atoms with van der Waals surface area (Å²) in [5.41, 5.74) is 2.62. The van der Waals surface area contributed by atoms with Gasteiger partial charge >= 0.3 is 0 Å². The second-order valence-corrected chi connectivity index (χ2v) is 8.46. The van der Waals surface area contributed by atoms with Gasteiger partial charge < -0.3 is 4.74 Å². The number of fused-ring (bicyclic) bond motifs is 3. The van der Waals surface area contributed by atoms with E-state index in [4.69, 9.17) is 9.72 Å². The number of unbranched alkanes of at least 4 members (excludes halogenated alkanes) is 1. The van der Waals surface area contributed by atoms with Gasteiger partial charge in [0.1, 0.15) is 16.4 Å². The number of hydrogen-bond acceptors (Lipinski definition) is 4. The average molecular weight is 383 g/mol. The number of aryl methyl sites for hydroxylation is 4. The first kappa shape index (κ1) is 18.2. The number of ether oxygens (including phenoxy) is 1. The van der Waals surface area contributed by atoms with Crippen LogP contribution in [0.4, 0.5) is 0 Å². The third-order valence-corrected chi connectivity index (χ3v) is 6.49. The quantitative estimate of drug-likeness (QED) is 0.575. The van der Waals surface area contributed by atoms with E-state index < -0.39 is 0 Å².